The van der Waals surface area contributed by atoms with Gasteiger partial charge in [0.05, 0.1) is 11.0 Å². The number of rotatable bonds is 3. The fourth-order valence-electron chi connectivity index (χ4n) is 2.22. The van der Waals surface area contributed by atoms with Crippen LogP contribution in [-0.2, 0) is 14.8 Å². The molecule has 6 nitrogen and oxygen atoms in total. The maximum absolute atomic E-state index is 12.5. The van der Waals surface area contributed by atoms with Crippen molar-refractivity contribution in [3.63, 3.8) is 0 Å². The molecule has 21 heavy (non-hydrogen) atoms. The first kappa shape index (κ1) is 15.5. The topological polar surface area (TPSA) is 81.5 Å². The molecule has 1 aromatic carbocycles. The van der Waals surface area contributed by atoms with E-state index in [9.17, 15) is 13.2 Å². The second-order valence-corrected chi connectivity index (χ2v) is 6.87. The number of carbonyl (C=O) groups excluding carboxylic acids is 1. The fraction of sp³-hybridized carbons (Fsp3) is 0.429. The molecule has 0 unspecified atom stereocenters. The lowest BCUT2D eigenvalue weighted by Crippen LogP contribution is -2.50. The number of aryl methyl sites for hydroxylation is 1. The van der Waals surface area contributed by atoms with E-state index in [-0.39, 0.29) is 30.3 Å². The van der Waals surface area contributed by atoms with E-state index in [0.29, 0.717) is 13.1 Å². The molecule has 0 atom stereocenters. The molecule has 0 saturated carbocycles. The van der Waals surface area contributed by atoms with Crippen LogP contribution >= 0.6 is 0 Å². The van der Waals surface area contributed by atoms with Gasteiger partial charge in [-0.2, -0.15) is 9.57 Å². The van der Waals surface area contributed by atoms with Crippen LogP contribution < -0.4 is 0 Å². The normalized spacial score (nSPS) is 16.5. The van der Waals surface area contributed by atoms with Gasteiger partial charge in [-0.3, -0.25) is 4.79 Å². The molecule has 0 spiro atoms. The van der Waals surface area contributed by atoms with E-state index in [1.54, 1.807) is 24.3 Å². The molecule has 1 aromatic rings. The number of amides is 1. The van der Waals surface area contributed by atoms with Gasteiger partial charge in [0.15, 0.2) is 0 Å². The van der Waals surface area contributed by atoms with Crippen LogP contribution in [0.25, 0.3) is 0 Å². The lowest BCUT2D eigenvalue weighted by molar-refractivity contribution is -0.131. The van der Waals surface area contributed by atoms with E-state index < -0.39 is 10.0 Å². The van der Waals surface area contributed by atoms with E-state index >= 15 is 0 Å². The highest BCUT2D eigenvalue weighted by Crippen LogP contribution is 2.18. The summed E-state index contributed by atoms with van der Waals surface area (Å²) in [6, 6.07) is 8.53. The molecule has 0 bridgehead atoms. The van der Waals surface area contributed by atoms with E-state index in [1.807, 2.05) is 13.0 Å². The quantitative estimate of drug-likeness (QED) is 0.825. The number of piperazine rings is 1. The average Bonchev–Trinajstić information content (AvgIpc) is 2.48. The molecule has 112 valence electrons. The number of hydrogen-bond donors (Lipinski definition) is 0. The summed E-state index contributed by atoms with van der Waals surface area (Å²) >= 11 is 0. The van der Waals surface area contributed by atoms with E-state index in [4.69, 9.17) is 5.26 Å². The highest BCUT2D eigenvalue weighted by atomic mass is 32.2. The molecule has 1 amide bonds. The molecule has 1 aliphatic heterocycles. The molecule has 2 rings (SSSR count). The minimum absolute atomic E-state index is 0.162. The number of sulfonamides is 1. The summed E-state index contributed by atoms with van der Waals surface area (Å²) < 4.78 is 26.3. The van der Waals surface area contributed by atoms with Crippen molar-refractivity contribution in [2.45, 2.75) is 18.2 Å². The van der Waals surface area contributed by atoms with Crippen molar-refractivity contribution in [2.75, 3.05) is 26.2 Å². The Morgan fingerprint density at radius 3 is 2.29 bits per heavy atom. The summed E-state index contributed by atoms with van der Waals surface area (Å²) in [5.74, 6) is -0.245. The van der Waals surface area contributed by atoms with Gasteiger partial charge in [0.25, 0.3) is 0 Å². The van der Waals surface area contributed by atoms with Crippen molar-refractivity contribution in [1.29, 1.82) is 5.26 Å². The van der Waals surface area contributed by atoms with Gasteiger partial charge in [-0.25, -0.2) is 8.42 Å². The Labute approximate surface area is 124 Å². The molecule has 7 heteroatoms. The Morgan fingerprint density at radius 1 is 1.19 bits per heavy atom. The lowest BCUT2D eigenvalue weighted by Gasteiger charge is -2.33. The molecular formula is C14H17N3O3S. The molecule has 1 saturated heterocycles. The predicted molar refractivity (Wildman–Crippen MR) is 76.7 cm³/mol. The third-order valence-corrected chi connectivity index (χ3v) is 5.39. The maximum atomic E-state index is 12.5. The summed E-state index contributed by atoms with van der Waals surface area (Å²) in [6.45, 7) is 3.06. The number of nitriles is 1. The highest BCUT2D eigenvalue weighted by Gasteiger charge is 2.29. The van der Waals surface area contributed by atoms with Gasteiger partial charge in [0.1, 0.15) is 6.42 Å². The Kier molecular flexibility index (Phi) is 4.60. The van der Waals surface area contributed by atoms with Crippen LogP contribution in [0.4, 0.5) is 0 Å². The monoisotopic (exact) mass is 307 g/mol. The van der Waals surface area contributed by atoms with Crippen molar-refractivity contribution in [3.8, 4) is 6.07 Å². The number of nitrogens with zero attached hydrogens (tertiary/aromatic N) is 3. The zero-order chi connectivity index (χ0) is 15.5. The first-order valence-electron chi connectivity index (χ1n) is 6.66. The lowest BCUT2D eigenvalue weighted by atomic mass is 10.2. The van der Waals surface area contributed by atoms with E-state index in [0.717, 1.165) is 5.56 Å². The average molecular weight is 307 g/mol. The van der Waals surface area contributed by atoms with Crippen molar-refractivity contribution in [2.24, 2.45) is 0 Å². The van der Waals surface area contributed by atoms with Crippen molar-refractivity contribution >= 4 is 15.9 Å². The maximum Gasteiger partial charge on any atom is 0.243 e. The van der Waals surface area contributed by atoms with Gasteiger partial charge in [0.2, 0.25) is 15.9 Å². The van der Waals surface area contributed by atoms with Gasteiger partial charge in [-0.1, -0.05) is 17.7 Å². The Hall–Kier alpha value is -1.91. The smallest absolute Gasteiger partial charge is 0.243 e. The second kappa shape index (κ2) is 6.24. The third kappa shape index (κ3) is 3.40. The number of benzene rings is 1. The van der Waals surface area contributed by atoms with Crippen molar-refractivity contribution < 1.29 is 13.2 Å². The van der Waals surface area contributed by atoms with Crippen molar-refractivity contribution in [1.82, 2.24) is 9.21 Å². The van der Waals surface area contributed by atoms with Gasteiger partial charge in [-0.15, -0.1) is 0 Å². The Bertz CT molecular complexity index is 654. The molecule has 0 aromatic heterocycles. The zero-order valence-electron chi connectivity index (χ0n) is 11.8. The predicted octanol–water partition coefficient (Wildman–Crippen LogP) is 0.742. The standard InChI is InChI=1S/C14H17N3O3S/c1-12-2-4-13(5-3-12)21(19,20)17-10-8-16(9-11-17)14(18)6-7-15/h2-5H,6,8-11H2,1H3. The molecule has 0 radical (unpaired) electrons. The van der Waals surface area contributed by atoms with Crippen LogP contribution in [0.2, 0.25) is 0 Å². The van der Waals surface area contributed by atoms with E-state index in [2.05, 4.69) is 0 Å². The number of carbonyl (C=O) groups is 1. The molecule has 1 heterocycles. The Balaban J connectivity index is 2.06. The van der Waals surface area contributed by atoms with Gasteiger partial charge >= 0.3 is 0 Å². The number of hydrogen-bond acceptors (Lipinski definition) is 4. The largest absolute Gasteiger partial charge is 0.339 e. The highest BCUT2D eigenvalue weighted by molar-refractivity contribution is 7.89. The van der Waals surface area contributed by atoms with Crippen molar-refractivity contribution in [3.05, 3.63) is 29.8 Å². The summed E-state index contributed by atoms with van der Waals surface area (Å²) in [5, 5.41) is 8.52. The van der Waals surface area contributed by atoms with Crippen LogP contribution in [0.5, 0.6) is 0 Å². The van der Waals surface area contributed by atoms with Crippen LogP contribution in [-0.4, -0.2) is 49.7 Å². The van der Waals surface area contributed by atoms with Crippen LogP contribution in [0.15, 0.2) is 29.2 Å². The van der Waals surface area contributed by atoms with Crippen LogP contribution in [0.3, 0.4) is 0 Å². The van der Waals surface area contributed by atoms with Gasteiger partial charge in [-0.05, 0) is 19.1 Å². The summed E-state index contributed by atoms with van der Waals surface area (Å²) in [6.07, 6.45) is -0.162. The molecular weight excluding hydrogens is 290 g/mol. The van der Waals surface area contributed by atoms with Crippen LogP contribution in [0.1, 0.15) is 12.0 Å². The molecule has 1 fully saturated rings. The second-order valence-electron chi connectivity index (χ2n) is 4.93. The molecule has 0 aliphatic carbocycles. The van der Waals surface area contributed by atoms with Gasteiger partial charge < -0.3 is 4.90 Å². The first-order valence-corrected chi connectivity index (χ1v) is 8.10. The summed E-state index contributed by atoms with van der Waals surface area (Å²) in [4.78, 5) is 13.4. The minimum Gasteiger partial charge on any atom is -0.339 e. The van der Waals surface area contributed by atoms with Gasteiger partial charge in [0, 0.05) is 26.2 Å². The molecule has 1 aliphatic rings. The van der Waals surface area contributed by atoms with E-state index in [1.165, 1.54) is 9.21 Å². The summed E-state index contributed by atoms with van der Waals surface area (Å²) in [7, 11) is -3.51. The SMILES string of the molecule is Cc1ccc(S(=O)(=O)N2CCN(C(=O)CC#N)CC2)cc1. The third-order valence-electron chi connectivity index (χ3n) is 3.48. The van der Waals surface area contributed by atoms with Crippen LogP contribution in [0, 0.1) is 18.3 Å². The minimum atomic E-state index is -3.51. The first-order chi connectivity index (χ1) is 9.95. The Morgan fingerprint density at radius 2 is 1.76 bits per heavy atom. The summed E-state index contributed by atoms with van der Waals surface area (Å²) in [5.41, 5.74) is 1.00. The fourth-order valence-corrected chi connectivity index (χ4v) is 3.64. The zero-order valence-corrected chi connectivity index (χ0v) is 12.6. The molecule has 0 N–H and O–H groups in total.